The fourth-order valence-corrected chi connectivity index (χ4v) is 6.61. The van der Waals surface area contributed by atoms with E-state index in [2.05, 4.69) is 17.1 Å². The zero-order chi connectivity index (χ0) is 36.5. The summed E-state index contributed by atoms with van der Waals surface area (Å²) in [5.74, 6) is -0.627. The van der Waals surface area contributed by atoms with Crippen LogP contribution < -0.4 is 19.5 Å². The molecule has 0 radical (unpaired) electrons. The van der Waals surface area contributed by atoms with E-state index < -0.39 is 29.9 Å². The highest BCUT2D eigenvalue weighted by atomic mass is 35.5. The number of ether oxygens (including phenoxy) is 4. The molecule has 0 saturated carbocycles. The Morgan fingerprint density at radius 2 is 1.67 bits per heavy atom. The Hall–Kier alpha value is -4.58. The molecule has 0 bridgehead atoms. The second-order valence-electron chi connectivity index (χ2n) is 12.2. The van der Waals surface area contributed by atoms with Crippen LogP contribution in [0.5, 0.6) is 11.5 Å². The zero-order valence-corrected chi connectivity index (χ0v) is 30.1. The van der Waals surface area contributed by atoms with Gasteiger partial charge in [-0.15, -0.1) is 0 Å². The van der Waals surface area contributed by atoms with Crippen LogP contribution in [0.25, 0.3) is 0 Å². The number of pyridine rings is 1. The zero-order valence-electron chi connectivity index (χ0n) is 28.6. The van der Waals surface area contributed by atoms with Gasteiger partial charge in [-0.05, 0) is 92.0 Å². The van der Waals surface area contributed by atoms with Gasteiger partial charge >= 0.3 is 11.9 Å². The van der Waals surface area contributed by atoms with E-state index in [1.807, 2.05) is 0 Å². The van der Waals surface area contributed by atoms with E-state index in [0.29, 0.717) is 38.6 Å². The minimum atomic E-state index is -1.05. The fraction of sp³-hybridized carbons (Fsp3) is 0.342. The van der Waals surface area contributed by atoms with Gasteiger partial charge in [0.05, 0.1) is 26.4 Å². The van der Waals surface area contributed by atoms with Gasteiger partial charge in [-0.25, -0.2) is 14.0 Å². The summed E-state index contributed by atoms with van der Waals surface area (Å²) in [6.07, 6.45) is 3.29. The predicted octanol–water partition coefficient (Wildman–Crippen LogP) is 7.35. The minimum absolute atomic E-state index is 0.0304. The molecule has 0 amide bonds. The molecule has 1 unspecified atom stereocenters. The first-order valence-electron chi connectivity index (χ1n) is 16.6. The summed E-state index contributed by atoms with van der Waals surface area (Å²) in [7, 11) is 2.99. The minimum Gasteiger partial charge on any atom is -0.619 e. The number of methoxy groups -OCH3 is 2. The maximum absolute atomic E-state index is 14.3. The number of nitrogens with one attached hydrogen (secondary N) is 1. The van der Waals surface area contributed by atoms with Crippen LogP contribution in [-0.2, 0) is 20.7 Å². The van der Waals surface area contributed by atoms with Crippen molar-refractivity contribution < 1.29 is 37.7 Å². The number of halogens is 3. The quantitative estimate of drug-likeness (QED) is 0.0806. The van der Waals surface area contributed by atoms with Crippen LogP contribution in [0.3, 0.4) is 0 Å². The Labute approximate surface area is 306 Å². The molecule has 3 aromatic carbocycles. The van der Waals surface area contributed by atoms with Crippen molar-refractivity contribution in [2.75, 3.05) is 45.8 Å². The lowest BCUT2D eigenvalue weighted by molar-refractivity contribution is -0.605. The molecule has 2 atom stereocenters. The highest BCUT2D eigenvalue weighted by Gasteiger charge is 2.27. The van der Waals surface area contributed by atoms with E-state index >= 15 is 0 Å². The molecule has 2 heterocycles. The Kier molecular flexibility index (Phi) is 13.0. The average molecular weight is 741 g/mol. The number of aromatic nitrogens is 1. The summed E-state index contributed by atoms with van der Waals surface area (Å²) in [6, 6.07) is 16.2. The Morgan fingerprint density at radius 3 is 2.33 bits per heavy atom. The van der Waals surface area contributed by atoms with E-state index in [9.17, 15) is 19.2 Å². The number of carbonyl (C=O) groups excluding carboxylic acids is 2. The number of carbonyl (C=O) groups is 2. The van der Waals surface area contributed by atoms with Gasteiger partial charge in [-0.3, -0.25) is 0 Å². The number of nitrogens with zero attached hydrogens (tertiary/aromatic N) is 2. The molecule has 1 aliphatic heterocycles. The van der Waals surface area contributed by atoms with Crippen LogP contribution in [0.1, 0.15) is 59.0 Å². The molecular formula is C38H40Cl2FN3O7. The van der Waals surface area contributed by atoms with E-state index in [0.717, 1.165) is 32.5 Å². The highest BCUT2D eigenvalue weighted by molar-refractivity contribution is 6.35. The van der Waals surface area contributed by atoms with E-state index in [4.69, 9.17) is 42.1 Å². The lowest BCUT2D eigenvalue weighted by Crippen LogP contribution is -2.35. The van der Waals surface area contributed by atoms with E-state index in [-0.39, 0.29) is 34.6 Å². The van der Waals surface area contributed by atoms with Crippen LogP contribution in [0.15, 0.2) is 79.1 Å². The van der Waals surface area contributed by atoms with Gasteiger partial charge in [0.1, 0.15) is 22.0 Å². The molecule has 0 aliphatic carbocycles. The number of rotatable bonds is 14. The van der Waals surface area contributed by atoms with Gasteiger partial charge in [0.2, 0.25) is 0 Å². The Balaban J connectivity index is 1.38. The first-order chi connectivity index (χ1) is 24.6. The van der Waals surface area contributed by atoms with Crippen molar-refractivity contribution in [1.29, 1.82) is 0 Å². The van der Waals surface area contributed by atoms with Crippen molar-refractivity contribution in [2.45, 2.75) is 38.3 Å². The molecule has 0 spiro atoms. The molecule has 1 saturated heterocycles. The second-order valence-corrected chi connectivity index (χ2v) is 13.0. The maximum atomic E-state index is 14.3. The molecular weight excluding hydrogens is 700 g/mol. The molecule has 1 aromatic heterocycles. The van der Waals surface area contributed by atoms with E-state index in [1.54, 1.807) is 42.5 Å². The van der Waals surface area contributed by atoms with Crippen molar-refractivity contribution in [3.8, 4) is 11.5 Å². The van der Waals surface area contributed by atoms with Gasteiger partial charge in [-0.1, -0.05) is 54.4 Å². The molecule has 13 heteroatoms. The fourth-order valence-electron chi connectivity index (χ4n) is 6.01. The summed E-state index contributed by atoms with van der Waals surface area (Å²) in [4.78, 5) is 29.6. The van der Waals surface area contributed by atoms with Crippen molar-refractivity contribution in [3.05, 3.63) is 122 Å². The smallest absolute Gasteiger partial charge is 0.338 e. The third-order valence-corrected chi connectivity index (χ3v) is 9.57. The summed E-state index contributed by atoms with van der Waals surface area (Å²) in [5, 5.41) is 15.2. The molecule has 1 aliphatic rings. The number of likely N-dealkylation sites (tertiary alicyclic amines) is 1. The number of esters is 2. The third-order valence-electron chi connectivity index (χ3n) is 8.92. The molecule has 1 N–H and O–H groups in total. The van der Waals surface area contributed by atoms with Crippen molar-refractivity contribution in [3.63, 3.8) is 0 Å². The largest absolute Gasteiger partial charge is 0.619 e. The second kappa shape index (κ2) is 17.6. The predicted molar refractivity (Wildman–Crippen MR) is 192 cm³/mol. The van der Waals surface area contributed by atoms with Crippen LogP contribution in [-0.4, -0.2) is 57.3 Å². The summed E-state index contributed by atoms with van der Waals surface area (Å²) < 4.78 is 37.5. The van der Waals surface area contributed by atoms with Gasteiger partial charge in [0.15, 0.2) is 29.9 Å². The standard InChI is InChI=1S/C38H40Cl2FN3O7/c1-4-43-15-13-24(14-16-43)23-50-38(46)36(26-7-5-9-28(41)17-26)42-29-10-6-8-27(18-29)37(45)51-34(20-30-31(39)21-44(47)22-32(30)40)25-11-12-33(48-2)35(19-25)49-3/h5-12,17-19,21-22,24,34,36,42H,4,13-16,20,23H2,1-3H3/t34-,36?/m0/s1. The lowest BCUT2D eigenvalue weighted by Gasteiger charge is -2.31. The summed E-state index contributed by atoms with van der Waals surface area (Å²) in [6.45, 7) is 5.28. The Morgan fingerprint density at radius 1 is 0.961 bits per heavy atom. The lowest BCUT2D eigenvalue weighted by atomic mass is 9.98. The maximum Gasteiger partial charge on any atom is 0.338 e. The number of benzene rings is 3. The topological polar surface area (TPSA) is 113 Å². The van der Waals surface area contributed by atoms with Crippen molar-refractivity contribution in [2.24, 2.45) is 5.92 Å². The molecule has 5 rings (SSSR count). The molecule has 10 nitrogen and oxygen atoms in total. The summed E-state index contributed by atoms with van der Waals surface area (Å²) >= 11 is 12.8. The van der Waals surface area contributed by atoms with Crippen LogP contribution in [0, 0.1) is 16.9 Å². The van der Waals surface area contributed by atoms with Gasteiger partial charge in [0, 0.05) is 17.7 Å². The average Bonchev–Trinajstić information content (AvgIpc) is 3.13. The number of piperidine rings is 1. The normalized spacial score (nSPS) is 14.7. The van der Waals surface area contributed by atoms with Crippen LogP contribution >= 0.6 is 23.2 Å². The Bertz CT molecular complexity index is 1810. The van der Waals surface area contributed by atoms with Crippen LogP contribution in [0.2, 0.25) is 10.0 Å². The number of anilines is 1. The van der Waals surface area contributed by atoms with Gasteiger partial charge in [0.25, 0.3) is 0 Å². The number of hydrogen-bond donors (Lipinski definition) is 1. The van der Waals surface area contributed by atoms with Crippen molar-refractivity contribution in [1.82, 2.24) is 4.90 Å². The third kappa shape index (κ3) is 9.81. The molecule has 4 aromatic rings. The van der Waals surface area contributed by atoms with Gasteiger partial charge in [-0.2, -0.15) is 4.73 Å². The first-order valence-corrected chi connectivity index (χ1v) is 17.3. The first kappa shape index (κ1) is 37.7. The van der Waals surface area contributed by atoms with E-state index in [1.165, 1.54) is 50.9 Å². The SMILES string of the molecule is CCN1CCC(COC(=O)C(Nc2cccc(C(=O)O[C@@H](Cc3c(Cl)c[n+]([O-])cc3Cl)c3ccc(OC)c(OC)c3)c2)c2cccc(F)c2)CC1. The summed E-state index contributed by atoms with van der Waals surface area (Å²) in [5.41, 5.74) is 1.90. The van der Waals surface area contributed by atoms with Gasteiger partial charge < -0.3 is 34.4 Å². The van der Waals surface area contributed by atoms with Crippen molar-refractivity contribution >= 4 is 40.8 Å². The number of hydrogen-bond acceptors (Lipinski definition) is 9. The molecule has 1 fully saturated rings. The molecule has 270 valence electrons. The van der Waals surface area contributed by atoms with Crippen LogP contribution in [0.4, 0.5) is 10.1 Å². The monoisotopic (exact) mass is 739 g/mol. The molecule has 51 heavy (non-hydrogen) atoms. The highest BCUT2D eigenvalue weighted by Crippen LogP contribution is 2.36.